The quantitative estimate of drug-likeness (QED) is 0.772. The average Bonchev–Trinajstić information content (AvgIpc) is 2.47. The van der Waals surface area contributed by atoms with Gasteiger partial charge in [0, 0.05) is 24.5 Å². The third-order valence-electron chi connectivity index (χ3n) is 3.06. The highest BCUT2D eigenvalue weighted by Crippen LogP contribution is 2.20. The Labute approximate surface area is 135 Å². The standard InChI is InChI=1S/C15H15Cl2NO2S/c1-18(11-13-5-2-6-14(17)8-13)21(19,20)15-7-3-4-12(9-15)10-16/h2-9H,10-11H2,1H3. The summed E-state index contributed by atoms with van der Waals surface area (Å²) >= 11 is 11.7. The van der Waals surface area contributed by atoms with Gasteiger partial charge in [-0.1, -0.05) is 35.9 Å². The number of alkyl halides is 1. The van der Waals surface area contributed by atoms with Gasteiger partial charge in [-0.3, -0.25) is 0 Å². The molecule has 112 valence electrons. The molecule has 0 unspecified atom stereocenters. The van der Waals surface area contributed by atoms with E-state index in [0.717, 1.165) is 11.1 Å². The van der Waals surface area contributed by atoms with Crippen LogP contribution in [0.2, 0.25) is 5.02 Å². The van der Waals surface area contributed by atoms with Gasteiger partial charge in [-0.05, 0) is 35.4 Å². The minimum absolute atomic E-state index is 0.241. The number of benzene rings is 2. The van der Waals surface area contributed by atoms with Crippen LogP contribution in [0, 0.1) is 0 Å². The van der Waals surface area contributed by atoms with Crippen molar-refractivity contribution in [1.29, 1.82) is 0 Å². The zero-order valence-electron chi connectivity index (χ0n) is 11.5. The fourth-order valence-electron chi connectivity index (χ4n) is 1.95. The maximum Gasteiger partial charge on any atom is 0.243 e. The van der Waals surface area contributed by atoms with Gasteiger partial charge < -0.3 is 0 Å². The van der Waals surface area contributed by atoms with E-state index < -0.39 is 10.0 Å². The maximum absolute atomic E-state index is 12.5. The van der Waals surface area contributed by atoms with Gasteiger partial charge >= 0.3 is 0 Å². The number of hydrogen-bond donors (Lipinski definition) is 0. The third-order valence-corrected chi connectivity index (χ3v) is 5.40. The molecule has 0 N–H and O–H groups in total. The number of rotatable bonds is 5. The van der Waals surface area contributed by atoms with Gasteiger partial charge in [0.2, 0.25) is 10.0 Å². The molecule has 0 amide bonds. The van der Waals surface area contributed by atoms with E-state index in [2.05, 4.69) is 0 Å². The largest absolute Gasteiger partial charge is 0.243 e. The van der Waals surface area contributed by atoms with E-state index in [-0.39, 0.29) is 17.3 Å². The summed E-state index contributed by atoms with van der Waals surface area (Å²) in [5.74, 6) is 0.279. The Morgan fingerprint density at radius 3 is 2.38 bits per heavy atom. The first-order valence-electron chi connectivity index (χ1n) is 6.29. The van der Waals surface area contributed by atoms with Crippen LogP contribution in [0.1, 0.15) is 11.1 Å². The Hall–Kier alpha value is -1.07. The number of hydrogen-bond acceptors (Lipinski definition) is 2. The van der Waals surface area contributed by atoms with Gasteiger partial charge in [-0.15, -0.1) is 11.6 Å². The Kier molecular flexibility index (Phi) is 5.27. The summed E-state index contributed by atoms with van der Waals surface area (Å²) in [6, 6.07) is 13.8. The zero-order chi connectivity index (χ0) is 15.5. The van der Waals surface area contributed by atoms with Crippen LogP contribution in [0.4, 0.5) is 0 Å². The van der Waals surface area contributed by atoms with Crippen molar-refractivity contribution < 1.29 is 8.42 Å². The van der Waals surface area contributed by atoms with Gasteiger partial charge in [-0.25, -0.2) is 8.42 Å². The lowest BCUT2D eigenvalue weighted by Crippen LogP contribution is -2.26. The van der Waals surface area contributed by atoms with Crippen LogP contribution in [0.3, 0.4) is 0 Å². The van der Waals surface area contributed by atoms with Crippen LogP contribution in [0.5, 0.6) is 0 Å². The summed E-state index contributed by atoms with van der Waals surface area (Å²) < 4.78 is 26.4. The van der Waals surface area contributed by atoms with Crippen molar-refractivity contribution in [1.82, 2.24) is 4.31 Å². The Bertz CT molecular complexity index is 732. The van der Waals surface area contributed by atoms with E-state index >= 15 is 0 Å². The van der Waals surface area contributed by atoms with E-state index in [1.165, 1.54) is 4.31 Å². The van der Waals surface area contributed by atoms with Crippen LogP contribution in [0.25, 0.3) is 0 Å². The molecule has 0 bridgehead atoms. The Morgan fingerprint density at radius 1 is 1.05 bits per heavy atom. The smallest absolute Gasteiger partial charge is 0.207 e. The molecule has 0 aliphatic carbocycles. The lowest BCUT2D eigenvalue weighted by molar-refractivity contribution is 0.466. The van der Waals surface area contributed by atoms with Crippen molar-refractivity contribution >= 4 is 33.2 Å². The fraction of sp³-hybridized carbons (Fsp3) is 0.200. The fourth-order valence-corrected chi connectivity index (χ4v) is 3.56. The molecule has 0 radical (unpaired) electrons. The summed E-state index contributed by atoms with van der Waals surface area (Å²) in [4.78, 5) is 0.241. The van der Waals surface area contributed by atoms with E-state index in [1.807, 2.05) is 6.07 Å². The molecule has 2 aromatic carbocycles. The summed E-state index contributed by atoms with van der Waals surface area (Å²) in [6.45, 7) is 0.258. The Morgan fingerprint density at radius 2 is 1.71 bits per heavy atom. The molecule has 0 heterocycles. The van der Waals surface area contributed by atoms with Crippen LogP contribution in [-0.4, -0.2) is 19.8 Å². The molecule has 0 atom stereocenters. The summed E-state index contributed by atoms with van der Waals surface area (Å²) in [6.07, 6.45) is 0. The molecule has 0 aromatic heterocycles. The summed E-state index contributed by atoms with van der Waals surface area (Å²) in [7, 11) is -2.01. The summed E-state index contributed by atoms with van der Waals surface area (Å²) in [5, 5.41) is 0.586. The normalized spacial score (nSPS) is 11.8. The molecule has 2 rings (SSSR count). The lowest BCUT2D eigenvalue weighted by atomic mass is 10.2. The van der Waals surface area contributed by atoms with E-state index in [1.54, 1.807) is 49.5 Å². The van der Waals surface area contributed by atoms with Crippen molar-refractivity contribution in [2.75, 3.05) is 7.05 Å². The second kappa shape index (κ2) is 6.79. The average molecular weight is 344 g/mol. The molecule has 0 saturated heterocycles. The van der Waals surface area contributed by atoms with Crippen molar-refractivity contribution in [3.05, 3.63) is 64.7 Å². The van der Waals surface area contributed by atoms with Crippen LogP contribution < -0.4 is 0 Å². The monoisotopic (exact) mass is 343 g/mol. The number of halogens is 2. The second-order valence-electron chi connectivity index (χ2n) is 4.67. The highest BCUT2D eigenvalue weighted by molar-refractivity contribution is 7.89. The molecule has 0 aliphatic heterocycles. The molecule has 6 heteroatoms. The van der Waals surface area contributed by atoms with Crippen LogP contribution in [0.15, 0.2) is 53.4 Å². The SMILES string of the molecule is CN(Cc1cccc(Cl)c1)S(=O)(=O)c1cccc(CCl)c1. The predicted molar refractivity (Wildman–Crippen MR) is 86.1 cm³/mol. The van der Waals surface area contributed by atoms with Gasteiger partial charge in [0.15, 0.2) is 0 Å². The second-order valence-corrected chi connectivity index (χ2v) is 7.42. The maximum atomic E-state index is 12.5. The molecule has 0 aliphatic rings. The number of nitrogens with zero attached hydrogens (tertiary/aromatic N) is 1. The topological polar surface area (TPSA) is 37.4 Å². The van der Waals surface area contributed by atoms with Crippen molar-refractivity contribution in [3.63, 3.8) is 0 Å². The molecule has 3 nitrogen and oxygen atoms in total. The van der Waals surface area contributed by atoms with Crippen molar-refractivity contribution in [2.24, 2.45) is 0 Å². The first-order valence-corrected chi connectivity index (χ1v) is 8.64. The minimum Gasteiger partial charge on any atom is -0.207 e. The zero-order valence-corrected chi connectivity index (χ0v) is 13.8. The predicted octanol–water partition coefficient (Wildman–Crippen LogP) is 3.90. The Balaban J connectivity index is 2.26. The first-order chi connectivity index (χ1) is 9.93. The molecular formula is C15H15Cl2NO2S. The van der Waals surface area contributed by atoms with Gasteiger partial charge in [0.25, 0.3) is 0 Å². The van der Waals surface area contributed by atoms with E-state index in [9.17, 15) is 8.42 Å². The molecule has 0 fully saturated rings. The van der Waals surface area contributed by atoms with E-state index in [0.29, 0.717) is 5.02 Å². The molecular weight excluding hydrogens is 329 g/mol. The van der Waals surface area contributed by atoms with Gasteiger partial charge in [-0.2, -0.15) is 4.31 Å². The molecule has 21 heavy (non-hydrogen) atoms. The highest BCUT2D eigenvalue weighted by atomic mass is 35.5. The summed E-state index contributed by atoms with van der Waals surface area (Å²) in [5.41, 5.74) is 1.61. The minimum atomic E-state index is -3.55. The van der Waals surface area contributed by atoms with Crippen LogP contribution in [-0.2, 0) is 22.4 Å². The molecule has 2 aromatic rings. The lowest BCUT2D eigenvalue weighted by Gasteiger charge is -2.17. The van der Waals surface area contributed by atoms with Crippen molar-refractivity contribution in [2.45, 2.75) is 17.3 Å². The first kappa shape index (κ1) is 16.3. The molecule has 0 saturated carbocycles. The van der Waals surface area contributed by atoms with Gasteiger partial charge in [0.05, 0.1) is 4.90 Å². The van der Waals surface area contributed by atoms with Crippen LogP contribution >= 0.6 is 23.2 Å². The highest BCUT2D eigenvalue weighted by Gasteiger charge is 2.21. The van der Waals surface area contributed by atoms with Crippen molar-refractivity contribution in [3.8, 4) is 0 Å². The van der Waals surface area contributed by atoms with E-state index in [4.69, 9.17) is 23.2 Å². The third kappa shape index (κ3) is 3.98. The molecule has 0 spiro atoms. The number of sulfonamides is 1. The van der Waals surface area contributed by atoms with Gasteiger partial charge in [0.1, 0.15) is 0 Å².